The minimum Gasteiger partial charge on any atom is -0.368 e. The van der Waals surface area contributed by atoms with Crippen molar-refractivity contribution in [1.29, 1.82) is 0 Å². The Morgan fingerprint density at radius 1 is 1.34 bits per heavy atom. The lowest BCUT2D eigenvalue weighted by molar-refractivity contribution is -0.115. The Kier molecular flexibility index (Phi) is 4.98. The molecule has 4 rings (SSSR count). The first-order valence-corrected chi connectivity index (χ1v) is 9.64. The summed E-state index contributed by atoms with van der Waals surface area (Å²) in [6.07, 6.45) is 4.01. The molecule has 148 valence electrons. The second kappa shape index (κ2) is 7.60. The third-order valence-corrected chi connectivity index (χ3v) is 4.58. The van der Waals surface area contributed by atoms with Gasteiger partial charge < -0.3 is 16.0 Å². The Morgan fingerprint density at radius 2 is 2.17 bits per heavy atom. The summed E-state index contributed by atoms with van der Waals surface area (Å²) in [7, 11) is 0. The fourth-order valence-corrected chi connectivity index (χ4v) is 3.35. The number of hydrogen-bond donors (Lipinski definition) is 3. The molecule has 0 saturated carbocycles. The predicted octanol–water partition coefficient (Wildman–Crippen LogP) is 4.36. The highest BCUT2D eigenvalue weighted by Crippen LogP contribution is 2.26. The number of carbonyl (C=O) groups is 1. The SMILES string of the molecule is C=C1C/C(=C\c2cnn3c(NC(C)C)cc(Nc4cccc(Cl)c4)nc23)C(=O)N1. The van der Waals surface area contributed by atoms with Crippen LogP contribution in [0.25, 0.3) is 11.7 Å². The minimum absolute atomic E-state index is 0.136. The largest absolute Gasteiger partial charge is 0.368 e. The number of halogens is 1. The Labute approximate surface area is 173 Å². The van der Waals surface area contributed by atoms with Crippen molar-refractivity contribution in [2.45, 2.75) is 26.3 Å². The third-order valence-electron chi connectivity index (χ3n) is 4.35. The summed E-state index contributed by atoms with van der Waals surface area (Å²) in [6, 6.07) is 9.53. The van der Waals surface area contributed by atoms with Gasteiger partial charge in [0.05, 0.1) is 6.20 Å². The average Bonchev–Trinajstić information content (AvgIpc) is 3.18. The molecule has 3 heterocycles. The van der Waals surface area contributed by atoms with Gasteiger partial charge in [-0.2, -0.15) is 9.61 Å². The smallest absolute Gasteiger partial charge is 0.251 e. The minimum atomic E-state index is -0.136. The van der Waals surface area contributed by atoms with Gasteiger partial charge in [-0.15, -0.1) is 0 Å². The van der Waals surface area contributed by atoms with Crippen LogP contribution in [0.3, 0.4) is 0 Å². The number of aromatic nitrogens is 3. The molecule has 3 aromatic rings. The van der Waals surface area contributed by atoms with Gasteiger partial charge in [0, 0.05) is 46.1 Å². The van der Waals surface area contributed by atoms with Crippen LogP contribution < -0.4 is 16.0 Å². The lowest BCUT2D eigenvalue weighted by Crippen LogP contribution is -2.14. The molecule has 1 saturated heterocycles. The van der Waals surface area contributed by atoms with Gasteiger partial charge >= 0.3 is 0 Å². The van der Waals surface area contributed by atoms with Crippen molar-refractivity contribution >= 4 is 46.6 Å². The summed E-state index contributed by atoms with van der Waals surface area (Å²) in [6.45, 7) is 7.93. The topological polar surface area (TPSA) is 83.3 Å². The van der Waals surface area contributed by atoms with Crippen LogP contribution in [0.15, 0.2) is 54.4 Å². The molecule has 2 aromatic heterocycles. The first kappa shape index (κ1) is 19.0. The van der Waals surface area contributed by atoms with Gasteiger partial charge in [-0.1, -0.05) is 24.2 Å². The molecule has 0 aliphatic carbocycles. The Bertz CT molecular complexity index is 1150. The molecule has 0 atom stereocenters. The standard InChI is InChI=1S/C21H21ClN6O/c1-12(2)24-19-10-18(26-17-6-4-5-16(22)9-17)27-20-15(11-23-28(19)20)8-14-7-13(3)25-21(14)29/h4-6,8-12,24H,3,7H2,1-2H3,(H,25,29)(H,26,27)/b14-8+. The van der Waals surface area contributed by atoms with Crippen molar-refractivity contribution < 1.29 is 4.79 Å². The molecule has 8 heteroatoms. The zero-order valence-corrected chi connectivity index (χ0v) is 16.9. The van der Waals surface area contributed by atoms with E-state index in [0.717, 1.165) is 17.1 Å². The number of carbonyl (C=O) groups excluding carboxylic acids is 1. The molecule has 1 amide bonds. The summed E-state index contributed by atoms with van der Waals surface area (Å²) in [5.41, 5.74) is 3.55. The molecule has 0 radical (unpaired) electrons. The van der Waals surface area contributed by atoms with Gasteiger partial charge in [-0.05, 0) is 38.1 Å². The Balaban J connectivity index is 1.79. The van der Waals surface area contributed by atoms with E-state index in [0.29, 0.717) is 34.2 Å². The molecule has 29 heavy (non-hydrogen) atoms. The number of nitrogens with zero attached hydrogens (tertiary/aromatic N) is 3. The zero-order valence-electron chi connectivity index (χ0n) is 16.2. The number of nitrogens with one attached hydrogen (secondary N) is 3. The van der Waals surface area contributed by atoms with E-state index in [2.05, 4.69) is 41.5 Å². The second-order valence-electron chi connectivity index (χ2n) is 7.20. The summed E-state index contributed by atoms with van der Waals surface area (Å²) < 4.78 is 1.73. The van der Waals surface area contributed by atoms with E-state index in [1.807, 2.05) is 36.4 Å². The molecular weight excluding hydrogens is 388 g/mol. The van der Waals surface area contributed by atoms with Crippen molar-refractivity contribution in [2.75, 3.05) is 10.6 Å². The predicted molar refractivity (Wildman–Crippen MR) is 116 cm³/mol. The van der Waals surface area contributed by atoms with Crippen molar-refractivity contribution in [3.63, 3.8) is 0 Å². The van der Waals surface area contributed by atoms with Gasteiger partial charge in [0.15, 0.2) is 5.65 Å². The number of hydrogen-bond acceptors (Lipinski definition) is 5. The Hall–Kier alpha value is -3.32. The van der Waals surface area contributed by atoms with Gasteiger partial charge in [-0.3, -0.25) is 4.79 Å². The van der Waals surface area contributed by atoms with Crippen LogP contribution in [0, 0.1) is 0 Å². The molecule has 0 unspecified atom stereocenters. The van der Waals surface area contributed by atoms with Gasteiger partial charge in [0.25, 0.3) is 5.91 Å². The molecule has 1 aliphatic heterocycles. The van der Waals surface area contributed by atoms with Crippen LogP contribution in [0.5, 0.6) is 0 Å². The first-order valence-electron chi connectivity index (χ1n) is 9.26. The molecule has 7 nitrogen and oxygen atoms in total. The molecule has 0 spiro atoms. The normalized spacial score (nSPS) is 15.4. The molecule has 3 N–H and O–H groups in total. The van der Waals surface area contributed by atoms with Gasteiger partial charge in [0.2, 0.25) is 0 Å². The first-order chi connectivity index (χ1) is 13.9. The maximum Gasteiger partial charge on any atom is 0.251 e. The number of amides is 1. The van der Waals surface area contributed by atoms with Crippen LogP contribution in [0.2, 0.25) is 5.02 Å². The van der Waals surface area contributed by atoms with E-state index in [1.165, 1.54) is 0 Å². The number of rotatable bonds is 5. The number of fused-ring (bicyclic) bond motifs is 1. The average molecular weight is 409 g/mol. The highest BCUT2D eigenvalue weighted by atomic mass is 35.5. The van der Waals surface area contributed by atoms with E-state index < -0.39 is 0 Å². The van der Waals surface area contributed by atoms with Crippen molar-refractivity contribution in [3.8, 4) is 0 Å². The van der Waals surface area contributed by atoms with Gasteiger partial charge in [0.1, 0.15) is 11.6 Å². The molecule has 1 fully saturated rings. The summed E-state index contributed by atoms with van der Waals surface area (Å²) in [4.78, 5) is 16.8. The number of benzene rings is 1. The Morgan fingerprint density at radius 3 is 2.86 bits per heavy atom. The molecule has 0 bridgehead atoms. The monoisotopic (exact) mass is 408 g/mol. The maximum atomic E-state index is 12.1. The van der Waals surface area contributed by atoms with E-state index >= 15 is 0 Å². The van der Waals surface area contributed by atoms with E-state index in [9.17, 15) is 4.79 Å². The molecular formula is C21H21ClN6O. The number of allylic oxidation sites excluding steroid dienone is 1. The van der Waals surface area contributed by atoms with Crippen molar-refractivity contribution in [1.82, 2.24) is 19.9 Å². The lowest BCUT2D eigenvalue weighted by Gasteiger charge is -2.14. The third kappa shape index (κ3) is 4.09. The highest BCUT2D eigenvalue weighted by Gasteiger charge is 2.21. The highest BCUT2D eigenvalue weighted by molar-refractivity contribution is 6.30. The van der Waals surface area contributed by atoms with Crippen LogP contribution in [-0.4, -0.2) is 26.5 Å². The van der Waals surface area contributed by atoms with E-state index in [1.54, 1.807) is 10.7 Å². The fraction of sp³-hybridized carbons (Fsp3) is 0.190. The summed E-state index contributed by atoms with van der Waals surface area (Å²) in [5, 5.41) is 14.5. The lowest BCUT2D eigenvalue weighted by atomic mass is 10.1. The van der Waals surface area contributed by atoms with Crippen LogP contribution in [0.1, 0.15) is 25.8 Å². The molecule has 1 aromatic carbocycles. The van der Waals surface area contributed by atoms with E-state index in [4.69, 9.17) is 16.6 Å². The second-order valence-corrected chi connectivity index (χ2v) is 7.64. The fourth-order valence-electron chi connectivity index (χ4n) is 3.16. The van der Waals surface area contributed by atoms with E-state index in [-0.39, 0.29) is 11.9 Å². The van der Waals surface area contributed by atoms with Crippen LogP contribution >= 0.6 is 11.6 Å². The van der Waals surface area contributed by atoms with Gasteiger partial charge in [-0.25, -0.2) is 4.98 Å². The quantitative estimate of drug-likeness (QED) is 0.546. The number of anilines is 3. The van der Waals surface area contributed by atoms with Crippen LogP contribution in [0.4, 0.5) is 17.3 Å². The summed E-state index contributed by atoms with van der Waals surface area (Å²) >= 11 is 6.10. The van der Waals surface area contributed by atoms with Crippen molar-refractivity contribution in [3.05, 3.63) is 65.0 Å². The maximum absolute atomic E-state index is 12.1. The molecule has 1 aliphatic rings. The summed E-state index contributed by atoms with van der Waals surface area (Å²) in [5.74, 6) is 1.30. The zero-order chi connectivity index (χ0) is 20.5. The van der Waals surface area contributed by atoms with Crippen LogP contribution in [-0.2, 0) is 4.79 Å². The van der Waals surface area contributed by atoms with Crippen molar-refractivity contribution in [2.24, 2.45) is 0 Å².